The van der Waals surface area contributed by atoms with Crippen molar-refractivity contribution in [3.8, 4) is 0 Å². The highest BCUT2D eigenvalue weighted by atomic mass is 16.1. The second-order valence-corrected chi connectivity index (χ2v) is 3.08. The lowest BCUT2D eigenvalue weighted by atomic mass is 10.1. The summed E-state index contributed by atoms with van der Waals surface area (Å²) in [6.07, 6.45) is 1.62. The summed E-state index contributed by atoms with van der Waals surface area (Å²) in [4.78, 5) is 22.2. The molecule has 0 aliphatic rings. The van der Waals surface area contributed by atoms with Gasteiger partial charge in [-0.3, -0.25) is 9.59 Å². The van der Waals surface area contributed by atoms with Crippen molar-refractivity contribution in [3.63, 3.8) is 0 Å². The molecule has 0 atom stereocenters. The molecular weight excluding hydrogens is 200 g/mol. The molecule has 0 saturated carbocycles. The SMILES string of the molecule is CC.CC(=O)C(=Cc1ccccc1)C(C)=O. The molecule has 0 saturated heterocycles. The molecular formula is C14H18O2. The van der Waals surface area contributed by atoms with Gasteiger partial charge in [0.15, 0.2) is 11.6 Å². The summed E-state index contributed by atoms with van der Waals surface area (Å²) in [5.74, 6) is -0.386. The van der Waals surface area contributed by atoms with Gasteiger partial charge in [0.2, 0.25) is 0 Å². The summed E-state index contributed by atoms with van der Waals surface area (Å²) in [6.45, 7) is 6.80. The number of hydrogen-bond acceptors (Lipinski definition) is 2. The van der Waals surface area contributed by atoms with E-state index in [9.17, 15) is 9.59 Å². The average molecular weight is 218 g/mol. The molecule has 0 aliphatic carbocycles. The van der Waals surface area contributed by atoms with Crippen LogP contribution in [0, 0.1) is 0 Å². The number of allylic oxidation sites excluding steroid dienone is 1. The quantitative estimate of drug-likeness (QED) is 0.443. The maximum atomic E-state index is 11.1. The minimum absolute atomic E-state index is 0.193. The third-order valence-corrected chi connectivity index (χ3v) is 1.87. The fourth-order valence-electron chi connectivity index (χ4n) is 1.17. The Hall–Kier alpha value is -1.70. The maximum Gasteiger partial charge on any atom is 0.163 e. The van der Waals surface area contributed by atoms with Crippen molar-refractivity contribution in [2.75, 3.05) is 0 Å². The van der Waals surface area contributed by atoms with Gasteiger partial charge in [-0.15, -0.1) is 0 Å². The molecule has 0 aliphatic heterocycles. The Kier molecular flexibility index (Phi) is 6.77. The minimum atomic E-state index is -0.193. The van der Waals surface area contributed by atoms with Gasteiger partial charge in [-0.2, -0.15) is 0 Å². The van der Waals surface area contributed by atoms with E-state index in [-0.39, 0.29) is 17.1 Å². The number of benzene rings is 1. The van der Waals surface area contributed by atoms with Gasteiger partial charge in [-0.05, 0) is 25.5 Å². The van der Waals surface area contributed by atoms with Gasteiger partial charge >= 0.3 is 0 Å². The molecule has 0 amide bonds. The van der Waals surface area contributed by atoms with Gasteiger partial charge in [0.1, 0.15) is 0 Å². The highest BCUT2D eigenvalue weighted by Crippen LogP contribution is 2.08. The van der Waals surface area contributed by atoms with E-state index in [1.165, 1.54) is 13.8 Å². The van der Waals surface area contributed by atoms with E-state index in [0.29, 0.717) is 0 Å². The van der Waals surface area contributed by atoms with Gasteiger partial charge in [0, 0.05) is 0 Å². The molecule has 0 radical (unpaired) electrons. The van der Waals surface area contributed by atoms with E-state index >= 15 is 0 Å². The lowest BCUT2D eigenvalue weighted by Crippen LogP contribution is -2.05. The molecule has 1 aromatic carbocycles. The van der Waals surface area contributed by atoms with E-state index in [2.05, 4.69) is 0 Å². The van der Waals surface area contributed by atoms with Crippen LogP contribution < -0.4 is 0 Å². The summed E-state index contributed by atoms with van der Waals surface area (Å²) in [6, 6.07) is 9.32. The van der Waals surface area contributed by atoms with Gasteiger partial charge in [0.05, 0.1) is 5.57 Å². The van der Waals surface area contributed by atoms with Crippen molar-refractivity contribution in [1.82, 2.24) is 0 Å². The minimum Gasteiger partial charge on any atom is -0.294 e. The highest BCUT2D eigenvalue weighted by Gasteiger charge is 2.08. The highest BCUT2D eigenvalue weighted by molar-refractivity contribution is 6.21. The van der Waals surface area contributed by atoms with Crippen molar-refractivity contribution >= 4 is 17.6 Å². The van der Waals surface area contributed by atoms with Crippen LogP contribution in [0.3, 0.4) is 0 Å². The molecule has 1 rings (SSSR count). The van der Waals surface area contributed by atoms with Crippen molar-refractivity contribution in [1.29, 1.82) is 0 Å². The van der Waals surface area contributed by atoms with E-state index in [1.807, 2.05) is 44.2 Å². The van der Waals surface area contributed by atoms with E-state index in [4.69, 9.17) is 0 Å². The molecule has 0 fully saturated rings. The average Bonchev–Trinajstić information content (AvgIpc) is 2.29. The molecule has 0 N–H and O–H groups in total. The first-order valence-electron chi connectivity index (χ1n) is 5.40. The normalized spacial score (nSPS) is 8.50. The Balaban J connectivity index is 0.00000106. The molecule has 0 heterocycles. The second-order valence-electron chi connectivity index (χ2n) is 3.08. The number of Topliss-reactive ketones (excluding diaryl/α,β-unsaturated/α-hetero) is 2. The zero-order valence-electron chi connectivity index (χ0n) is 10.3. The van der Waals surface area contributed by atoms with Crippen molar-refractivity contribution < 1.29 is 9.59 Å². The summed E-state index contributed by atoms with van der Waals surface area (Å²) in [5.41, 5.74) is 1.11. The number of rotatable bonds is 3. The molecule has 16 heavy (non-hydrogen) atoms. The zero-order chi connectivity index (χ0) is 12.6. The smallest absolute Gasteiger partial charge is 0.163 e. The molecule has 1 aromatic rings. The van der Waals surface area contributed by atoms with Crippen molar-refractivity contribution in [3.05, 3.63) is 41.5 Å². The van der Waals surface area contributed by atoms with Crippen LogP contribution >= 0.6 is 0 Å². The first-order chi connectivity index (χ1) is 7.61. The predicted molar refractivity (Wildman–Crippen MR) is 67.1 cm³/mol. The van der Waals surface area contributed by atoms with Crippen LogP contribution in [0.2, 0.25) is 0 Å². The largest absolute Gasteiger partial charge is 0.294 e. The van der Waals surface area contributed by atoms with E-state index in [0.717, 1.165) is 5.56 Å². The van der Waals surface area contributed by atoms with Crippen molar-refractivity contribution in [2.45, 2.75) is 27.7 Å². The lowest BCUT2D eigenvalue weighted by molar-refractivity contribution is -0.119. The molecule has 86 valence electrons. The van der Waals surface area contributed by atoms with Crippen LogP contribution in [0.1, 0.15) is 33.3 Å². The van der Waals surface area contributed by atoms with Crippen LogP contribution in [0.4, 0.5) is 0 Å². The monoisotopic (exact) mass is 218 g/mol. The predicted octanol–water partition coefficient (Wildman–Crippen LogP) is 3.27. The summed E-state index contributed by atoms with van der Waals surface area (Å²) >= 11 is 0. The molecule has 0 bridgehead atoms. The van der Waals surface area contributed by atoms with E-state index < -0.39 is 0 Å². The van der Waals surface area contributed by atoms with E-state index in [1.54, 1.807) is 6.08 Å². The topological polar surface area (TPSA) is 34.1 Å². The maximum absolute atomic E-state index is 11.1. The van der Waals surface area contributed by atoms with Gasteiger partial charge in [-0.1, -0.05) is 44.2 Å². The van der Waals surface area contributed by atoms with Crippen LogP contribution in [-0.4, -0.2) is 11.6 Å². The van der Waals surface area contributed by atoms with Crippen LogP contribution in [0.25, 0.3) is 6.08 Å². The molecule has 2 heteroatoms. The molecule has 0 aromatic heterocycles. The third kappa shape index (κ3) is 4.69. The van der Waals surface area contributed by atoms with Gasteiger partial charge < -0.3 is 0 Å². The lowest BCUT2D eigenvalue weighted by Gasteiger charge is -1.98. The Morgan fingerprint density at radius 3 is 1.75 bits per heavy atom. The van der Waals surface area contributed by atoms with Crippen molar-refractivity contribution in [2.24, 2.45) is 0 Å². The second kappa shape index (κ2) is 7.57. The number of carbonyl (C=O) groups excluding carboxylic acids is 2. The Morgan fingerprint density at radius 1 is 0.938 bits per heavy atom. The number of hydrogen-bond donors (Lipinski definition) is 0. The van der Waals surface area contributed by atoms with Crippen LogP contribution in [-0.2, 0) is 9.59 Å². The summed E-state index contributed by atoms with van der Waals surface area (Å²) in [7, 11) is 0. The number of ketones is 2. The fourth-order valence-corrected chi connectivity index (χ4v) is 1.17. The summed E-state index contributed by atoms with van der Waals surface area (Å²) < 4.78 is 0. The zero-order valence-corrected chi connectivity index (χ0v) is 10.3. The van der Waals surface area contributed by atoms with Gasteiger partial charge in [-0.25, -0.2) is 0 Å². The Morgan fingerprint density at radius 2 is 1.38 bits per heavy atom. The number of carbonyl (C=O) groups is 2. The fraction of sp³-hybridized carbons (Fsp3) is 0.286. The molecule has 0 spiro atoms. The molecule has 0 unspecified atom stereocenters. The standard InChI is InChI=1S/C12H12O2.C2H6/c1-9(13)12(10(2)14)8-11-6-4-3-5-7-11;1-2/h3-8H,1-2H3;1-2H3. The van der Waals surface area contributed by atoms with Crippen LogP contribution in [0.15, 0.2) is 35.9 Å². The summed E-state index contributed by atoms with van der Waals surface area (Å²) in [5, 5.41) is 0. The Bertz CT molecular complexity index is 359. The van der Waals surface area contributed by atoms with Crippen LogP contribution in [0.5, 0.6) is 0 Å². The first kappa shape index (κ1) is 14.3. The first-order valence-corrected chi connectivity index (χ1v) is 5.40. The molecule has 2 nitrogen and oxygen atoms in total. The third-order valence-electron chi connectivity index (χ3n) is 1.87. The Labute approximate surface area is 97.0 Å². The van der Waals surface area contributed by atoms with Gasteiger partial charge in [0.25, 0.3) is 0 Å².